The predicted molar refractivity (Wildman–Crippen MR) is 224 cm³/mol. The van der Waals surface area contributed by atoms with Crippen LogP contribution in [-0.2, 0) is 6.54 Å². The summed E-state index contributed by atoms with van der Waals surface area (Å²) in [6, 6.07) is 10.4. The zero-order chi connectivity index (χ0) is 36.8. The molecule has 0 bridgehead atoms. The van der Waals surface area contributed by atoms with Gasteiger partial charge in [0.1, 0.15) is 0 Å². The molecule has 0 amide bonds. The van der Waals surface area contributed by atoms with E-state index in [2.05, 4.69) is 113 Å². The van der Waals surface area contributed by atoms with Gasteiger partial charge in [0.05, 0.1) is 0 Å². The third-order valence-corrected chi connectivity index (χ3v) is 7.66. The summed E-state index contributed by atoms with van der Waals surface area (Å²) in [6.07, 6.45) is 23.2. The van der Waals surface area contributed by atoms with E-state index in [0.29, 0.717) is 0 Å². The van der Waals surface area contributed by atoms with Crippen LogP contribution in [0, 0.1) is 11.8 Å². The number of nitrogens with one attached hydrogen (secondary N) is 5. The van der Waals surface area contributed by atoms with Crippen LogP contribution in [-0.4, -0.2) is 59.9 Å². The standard InChI is InChI=1S/C19H41N.C9H13N.C8H19N.C4H11N.C3H9N/c1-3-4-5-6-7-8-9-10-11-12-13-14-15-16-17-18-19-20-2;1-2-10-8-9-6-4-3-5-7-9;1-7(2)5-9-6-8(3)4;1-3-5-4-2;1-3-4-2/h20H,3-19H2,1-2H3;3-7,10H,2,8H2,1H3;7-9H,5-6H2,1-4H3;5H,3-4H2,1-2H3;4H,3H2,1-2H3. The molecule has 0 aliphatic rings. The minimum atomic E-state index is 0.781. The molecule has 0 aliphatic heterocycles. The van der Waals surface area contributed by atoms with Crippen molar-refractivity contribution in [3.63, 3.8) is 0 Å². The Hall–Kier alpha value is -0.980. The molecule has 1 aromatic rings. The van der Waals surface area contributed by atoms with Crippen LogP contribution in [0.2, 0.25) is 0 Å². The topological polar surface area (TPSA) is 60.1 Å². The highest BCUT2D eigenvalue weighted by Crippen LogP contribution is 2.13. The van der Waals surface area contributed by atoms with Crippen molar-refractivity contribution >= 4 is 0 Å². The average Bonchev–Trinajstić information content (AvgIpc) is 3.08. The fraction of sp³-hybridized carbons (Fsp3) is 0.860. The zero-order valence-corrected chi connectivity index (χ0v) is 35.0. The second-order valence-electron chi connectivity index (χ2n) is 13.8. The van der Waals surface area contributed by atoms with Crippen molar-refractivity contribution in [2.24, 2.45) is 11.8 Å². The Balaban J connectivity index is -0.000000288. The van der Waals surface area contributed by atoms with Gasteiger partial charge < -0.3 is 26.6 Å². The van der Waals surface area contributed by atoms with E-state index in [1.807, 2.05) is 20.2 Å². The predicted octanol–water partition coefficient (Wildman–Crippen LogP) is 11.0. The molecule has 1 aromatic carbocycles. The van der Waals surface area contributed by atoms with E-state index in [4.69, 9.17) is 0 Å². The molecular weight excluding hydrogens is 587 g/mol. The summed E-state index contributed by atoms with van der Waals surface area (Å²) >= 11 is 0. The fourth-order valence-corrected chi connectivity index (χ4v) is 4.63. The van der Waals surface area contributed by atoms with Crippen LogP contribution in [0.5, 0.6) is 0 Å². The van der Waals surface area contributed by atoms with Crippen LogP contribution in [0.3, 0.4) is 0 Å². The van der Waals surface area contributed by atoms with Crippen LogP contribution in [0.1, 0.15) is 171 Å². The van der Waals surface area contributed by atoms with E-state index in [0.717, 1.165) is 57.6 Å². The lowest BCUT2D eigenvalue weighted by Gasteiger charge is -2.08. The molecule has 0 aromatic heterocycles. The number of hydrogen-bond acceptors (Lipinski definition) is 5. The Labute approximate surface area is 305 Å². The molecule has 48 heavy (non-hydrogen) atoms. The molecule has 0 heterocycles. The summed E-state index contributed by atoms with van der Waals surface area (Å²) in [5, 5.41) is 15.9. The molecule has 1 rings (SSSR count). The molecule has 5 N–H and O–H groups in total. The van der Waals surface area contributed by atoms with Crippen LogP contribution in [0.25, 0.3) is 0 Å². The molecule has 0 fully saturated rings. The molecule has 290 valence electrons. The Bertz CT molecular complexity index is 578. The molecule has 5 heteroatoms. The van der Waals surface area contributed by atoms with Gasteiger partial charge in [0.25, 0.3) is 0 Å². The highest BCUT2D eigenvalue weighted by molar-refractivity contribution is 5.14. The summed E-state index contributed by atoms with van der Waals surface area (Å²) in [6.45, 7) is 28.4. The number of unbranched alkanes of at least 4 members (excludes halogenated alkanes) is 15. The molecule has 0 saturated heterocycles. The van der Waals surface area contributed by atoms with Gasteiger partial charge in [-0.05, 0) is 83.7 Å². The second kappa shape index (κ2) is 52.8. The van der Waals surface area contributed by atoms with Crippen LogP contribution >= 0.6 is 0 Å². The average molecular weight is 680 g/mol. The molecule has 0 saturated carbocycles. The third-order valence-electron chi connectivity index (χ3n) is 7.66. The number of rotatable bonds is 27. The van der Waals surface area contributed by atoms with Crippen molar-refractivity contribution in [2.45, 2.75) is 172 Å². The lowest BCUT2D eigenvalue weighted by molar-refractivity contribution is 0.497. The Morgan fingerprint density at radius 1 is 0.438 bits per heavy atom. The van der Waals surface area contributed by atoms with Gasteiger partial charge >= 0.3 is 0 Å². The van der Waals surface area contributed by atoms with E-state index >= 15 is 0 Å². The zero-order valence-electron chi connectivity index (χ0n) is 35.0. The summed E-state index contributed by atoms with van der Waals surface area (Å²) in [5.74, 6) is 1.56. The maximum atomic E-state index is 3.38. The van der Waals surface area contributed by atoms with Crippen molar-refractivity contribution in [3.8, 4) is 0 Å². The lowest BCUT2D eigenvalue weighted by atomic mass is 10.0. The highest BCUT2D eigenvalue weighted by atomic mass is 14.9. The van der Waals surface area contributed by atoms with E-state index in [9.17, 15) is 0 Å². The molecule has 0 radical (unpaired) electrons. The van der Waals surface area contributed by atoms with Gasteiger partial charge in [-0.1, -0.05) is 189 Å². The van der Waals surface area contributed by atoms with Crippen LogP contribution in [0.15, 0.2) is 30.3 Å². The maximum Gasteiger partial charge on any atom is 0.0205 e. The van der Waals surface area contributed by atoms with Crippen LogP contribution < -0.4 is 26.6 Å². The van der Waals surface area contributed by atoms with Gasteiger partial charge in [-0.3, -0.25) is 0 Å². The largest absolute Gasteiger partial charge is 0.320 e. The maximum absolute atomic E-state index is 3.38. The first kappa shape index (κ1) is 53.8. The number of benzene rings is 1. The molecule has 0 aliphatic carbocycles. The van der Waals surface area contributed by atoms with Gasteiger partial charge in [0.2, 0.25) is 0 Å². The van der Waals surface area contributed by atoms with Gasteiger partial charge in [0.15, 0.2) is 0 Å². The third kappa shape index (κ3) is 63.7. The van der Waals surface area contributed by atoms with Gasteiger partial charge in [0, 0.05) is 6.54 Å². The van der Waals surface area contributed by atoms with E-state index in [1.165, 1.54) is 115 Å². The van der Waals surface area contributed by atoms with Crippen molar-refractivity contribution in [3.05, 3.63) is 35.9 Å². The first-order valence-electron chi connectivity index (χ1n) is 20.8. The van der Waals surface area contributed by atoms with Gasteiger partial charge in [-0.25, -0.2) is 0 Å². The van der Waals surface area contributed by atoms with Crippen molar-refractivity contribution in [1.82, 2.24) is 26.6 Å². The van der Waals surface area contributed by atoms with E-state index in [1.54, 1.807) is 0 Å². The summed E-state index contributed by atoms with van der Waals surface area (Å²) in [4.78, 5) is 0. The molecular formula is C43H93N5. The van der Waals surface area contributed by atoms with Gasteiger partial charge in [-0.15, -0.1) is 0 Å². The smallest absolute Gasteiger partial charge is 0.0205 e. The fourth-order valence-electron chi connectivity index (χ4n) is 4.63. The summed E-state index contributed by atoms with van der Waals surface area (Å²) in [7, 11) is 3.98. The summed E-state index contributed by atoms with van der Waals surface area (Å²) in [5.41, 5.74) is 1.35. The van der Waals surface area contributed by atoms with E-state index in [-0.39, 0.29) is 0 Å². The Kier molecular flexibility index (Phi) is 59.2. The lowest BCUT2D eigenvalue weighted by Crippen LogP contribution is -2.23. The Morgan fingerprint density at radius 3 is 1.10 bits per heavy atom. The quantitative estimate of drug-likeness (QED) is 0.0599. The summed E-state index contributed by atoms with van der Waals surface area (Å²) < 4.78 is 0. The number of hydrogen-bond donors (Lipinski definition) is 5. The van der Waals surface area contributed by atoms with Crippen molar-refractivity contribution < 1.29 is 0 Å². The van der Waals surface area contributed by atoms with E-state index < -0.39 is 0 Å². The molecule has 0 atom stereocenters. The van der Waals surface area contributed by atoms with Gasteiger partial charge in [-0.2, -0.15) is 0 Å². The molecule has 0 spiro atoms. The first-order valence-corrected chi connectivity index (χ1v) is 20.8. The van der Waals surface area contributed by atoms with Crippen LogP contribution in [0.4, 0.5) is 0 Å². The normalized spacial score (nSPS) is 10.3. The minimum absolute atomic E-state index is 0.781. The Morgan fingerprint density at radius 2 is 0.812 bits per heavy atom. The second-order valence-corrected chi connectivity index (χ2v) is 13.8. The highest BCUT2D eigenvalue weighted by Gasteiger charge is 1.95. The monoisotopic (exact) mass is 680 g/mol. The molecule has 5 nitrogen and oxygen atoms in total. The van der Waals surface area contributed by atoms with Crippen molar-refractivity contribution in [1.29, 1.82) is 0 Å². The SMILES string of the molecule is CC(C)CNCC(C)C.CCCCCCCCCCCCCCCCCCNC.CCNC.CCNCC.CCNCc1ccccc1. The molecule has 0 unspecified atom stereocenters. The van der Waals surface area contributed by atoms with Crippen molar-refractivity contribution in [2.75, 3.05) is 59.9 Å². The minimum Gasteiger partial charge on any atom is -0.320 e. The first-order chi connectivity index (χ1) is 23.3.